The molecule has 0 bridgehead atoms. The van der Waals surface area contributed by atoms with Crippen LogP contribution in [0.3, 0.4) is 0 Å². The summed E-state index contributed by atoms with van der Waals surface area (Å²) in [5.41, 5.74) is 3.10. The topological polar surface area (TPSA) is 104 Å². The molecule has 1 unspecified atom stereocenters. The number of nitriles is 1. The number of rotatable bonds is 3. The molecule has 1 aliphatic rings. The molecular weight excluding hydrogens is 394 g/mol. The number of ether oxygens (including phenoxy) is 2. The predicted octanol–water partition coefficient (Wildman–Crippen LogP) is 4.19. The van der Waals surface area contributed by atoms with Crippen molar-refractivity contribution in [2.24, 2.45) is 0 Å². The van der Waals surface area contributed by atoms with Gasteiger partial charge in [0.1, 0.15) is 23.5 Å². The van der Waals surface area contributed by atoms with Gasteiger partial charge in [0, 0.05) is 30.1 Å². The fourth-order valence-electron chi connectivity index (χ4n) is 3.65. The maximum absolute atomic E-state index is 12.3. The van der Waals surface area contributed by atoms with E-state index < -0.39 is 5.60 Å². The molecule has 4 rings (SSSR count). The van der Waals surface area contributed by atoms with E-state index >= 15 is 0 Å². The average Bonchev–Trinajstić information content (AvgIpc) is 3.35. The molecule has 2 aromatic heterocycles. The summed E-state index contributed by atoms with van der Waals surface area (Å²) in [6.07, 6.45) is 3.74. The zero-order valence-electron chi connectivity index (χ0n) is 18.1. The Morgan fingerprint density at radius 1 is 1.35 bits per heavy atom. The van der Waals surface area contributed by atoms with Gasteiger partial charge in [0.2, 0.25) is 5.88 Å². The van der Waals surface area contributed by atoms with Crippen LogP contribution in [-0.2, 0) is 4.74 Å². The van der Waals surface area contributed by atoms with Gasteiger partial charge in [0.25, 0.3) is 0 Å². The van der Waals surface area contributed by atoms with Crippen molar-refractivity contribution in [2.75, 3.05) is 13.1 Å². The van der Waals surface area contributed by atoms with Crippen molar-refractivity contribution in [3.63, 3.8) is 0 Å². The zero-order valence-corrected chi connectivity index (χ0v) is 18.1. The Hall–Kier alpha value is -3.60. The minimum atomic E-state index is -0.523. The van der Waals surface area contributed by atoms with E-state index in [-0.39, 0.29) is 12.2 Å². The van der Waals surface area contributed by atoms with Crippen molar-refractivity contribution >= 4 is 17.0 Å². The number of aryl methyl sites for hydroxylation is 1. The van der Waals surface area contributed by atoms with Gasteiger partial charge < -0.3 is 19.4 Å². The van der Waals surface area contributed by atoms with E-state index in [1.165, 1.54) is 0 Å². The van der Waals surface area contributed by atoms with Crippen molar-refractivity contribution in [2.45, 2.75) is 45.8 Å². The van der Waals surface area contributed by atoms with Gasteiger partial charge in [0.05, 0.1) is 29.5 Å². The minimum absolute atomic E-state index is 0.155. The number of hydrogen-bond donors (Lipinski definition) is 1. The lowest BCUT2D eigenvalue weighted by atomic mass is 10.1. The van der Waals surface area contributed by atoms with Crippen molar-refractivity contribution in [1.82, 2.24) is 19.9 Å². The van der Waals surface area contributed by atoms with Gasteiger partial charge in [-0.25, -0.2) is 14.8 Å². The van der Waals surface area contributed by atoms with Crippen molar-refractivity contribution in [3.05, 3.63) is 41.9 Å². The summed E-state index contributed by atoms with van der Waals surface area (Å²) < 4.78 is 11.5. The first-order valence-corrected chi connectivity index (χ1v) is 10.2. The van der Waals surface area contributed by atoms with Crippen LogP contribution in [0.2, 0.25) is 0 Å². The lowest BCUT2D eigenvalue weighted by molar-refractivity contribution is 0.0274. The minimum Gasteiger partial charge on any atom is -0.471 e. The third-order valence-electron chi connectivity index (χ3n) is 5.09. The third kappa shape index (κ3) is 4.31. The highest BCUT2D eigenvalue weighted by Crippen LogP contribution is 2.30. The third-order valence-corrected chi connectivity index (χ3v) is 5.09. The van der Waals surface area contributed by atoms with Gasteiger partial charge in [-0.2, -0.15) is 5.26 Å². The molecule has 3 heterocycles. The summed E-state index contributed by atoms with van der Waals surface area (Å²) in [4.78, 5) is 26.2. The Kier molecular flexibility index (Phi) is 5.27. The first-order chi connectivity index (χ1) is 14.7. The molecule has 3 aromatic rings. The zero-order chi connectivity index (χ0) is 22.2. The molecule has 1 N–H and O–H groups in total. The molecule has 1 aromatic carbocycles. The van der Waals surface area contributed by atoms with E-state index in [0.717, 1.165) is 16.5 Å². The van der Waals surface area contributed by atoms with E-state index in [1.807, 2.05) is 46.0 Å². The van der Waals surface area contributed by atoms with E-state index in [4.69, 9.17) is 9.47 Å². The van der Waals surface area contributed by atoms with Gasteiger partial charge in [-0.05, 0) is 33.8 Å². The van der Waals surface area contributed by atoms with Crippen LogP contribution in [0.5, 0.6) is 5.88 Å². The van der Waals surface area contributed by atoms with Crippen molar-refractivity contribution < 1.29 is 14.3 Å². The van der Waals surface area contributed by atoms with Gasteiger partial charge in [-0.15, -0.1) is 0 Å². The molecule has 0 spiro atoms. The quantitative estimate of drug-likeness (QED) is 0.682. The first kappa shape index (κ1) is 20.7. The molecule has 1 atom stereocenters. The van der Waals surface area contributed by atoms with Crippen LogP contribution >= 0.6 is 0 Å². The molecule has 8 heteroatoms. The number of para-hydroxylation sites is 1. The SMILES string of the molecule is Cc1nc(-c2c[nH]c3c(C#N)cccc23)cnc1OC1CCN(C(=O)OC(C)(C)C)C1. The predicted molar refractivity (Wildman–Crippen MR) is 116 cm³/mol. The summed E-state index contributed by atoms with van der Waals surface area (Å²) in [6.45, 7) is 8.44. The largest absolute Gasteiger partial charge is 0.471 e. The molecule has 1 saturated heterocycles. The van der Waals surface area contributed by atoms with E-state index in [9.17, 15) is 10.1 Å². The van der Waals surface area contributed by atoms with Crippen LogP contribution in [0, 0.1) is 18.3 Å². The Labute approximate surface area is 180 Å². The molecule has 0 aliphatic carbocycles. The molecule has 1 aliphatic heterocycles. The smallest absolute Gasteiger partial charge is 0.410 e. The van der Waals surface area contributed by atoms with Crippen LogP contribution < -0.4 is 4.74 Å². The number of carbonyl (C=O) groups excluding carboxylic acids is 1. The molecule has 1 amide bonds. The maximum atomic E-state index is 12.3. The second-order valence-corrected chi connectivity index (χ2v) is 8.64. The van der Waals surface area contributed by atoms with E-state index in [2.05, 4.69) is 21.0 Å². The fourth-order valence-corrected chi connectivity index (χ4v) is 3.65. The summed E-state index contributed by atoms with van der Waals surface area (Å²) in [5.74, 6) is 0.456. The Morgan fingerprint density at radius 2 is 2.16 bits per heavy atom. The standard InChI is InChI=1S/C23H25N5O3/c1-14-21(30-16-8-9-28(13-16)22(29)31-23(2,3)4)26-12-19(27-14)18-11-25-20-15(10-24)6-5-7-17(18)20/h5-7,11-12,16,25H,8-9,13H2,1-4H3. The van der Waals surface area contributed by atoms with Crippen LogP contribution in [0.25, 0.3) is 22.2 Å². The van der Waals surface area contributed by atoms with Crippen molar-refractivity contribution in [3.8, 4) is 23.2 Å². The second-order valence-electron chi connectivity index (χ2n) is 8.64. The molecule has 8 nitrogen and oxygen atoms in total. The fraction of sp³-hybridized carbons (Fsp3) is 0.391. The molecule has 0 saturated carbocycles. The van der Waals surface area contributed by atoms with Gasteiger partial charge in [0.15, 0.2) is 0 Å². The number of aromatic nitrogens is 3. The molecular formula is C23H25N5O3. The van der Waals surface area contributed by atoms with Gasteiger partial charge >= 0.3 is 6.09 Å². The Bertz CT molecular complexity index is 1170. The number of amides is 1. The Morgan fingerprint density at radius 3 is 2.87 bits per heavy atom. The van der Waals surface area contributed by atoms with Crippen molar-refractivity contribution in [1.29, 1.82) is 5.26 Å². The lowest BCUT2D eigenvalue weighted by Crippen LogP contribution is -2.36. The molecule has 1 fully saturated rings. The maximum Gasteiger partial charge on any atom is 0.410 e. The Balaban J connectivity index is 1.48. The van der Waals surface area contributed by atoms with E-state index in [1.54, 1.807) is 17.2 Å². The summed E-state index contributed by atoms with van der Waals surface area (Å²) in [6, 6.07) is 7.78. The highest BCUT2D eigenvalue weighted by Gasteiger charge is 2.31. The second kappa shape index (κ2) is 7.91. The van der Waals surface area contributed by atoms with Crippen LogP contribution in [0.1, 0.15) is 38.4 Å². The number of nitrogens with zero attached hydrogens (tertiary/aromatic N) is 4. The first-order valence-electron chi connectivity index (χ1n) is 10.2. The lowest BCUT2D eigenvalue weighted by Gasteiger charge is -2.24. The van der Waals surface area contributed by atoms with Crippen LogP contribution in [0.15, 0.2) is 30.6 Å². The van der Waals surface area contributed by atoms with E-state index in [0.29, 0.717) is 42.3 Å². The summed E-state index contributed by atoms with van der Waals surface area (Å²) >= 11 is 0. The number of likely N-dealkylation sites (tertiary alicyclic amines) is 1. The van der Waals surface area contributed by atoms with Crippen LogP contribution in [-0.4, -0.2) is 50.7 Å². The highest BCUT2D eigenvalue weighted by atomic mass is 16.6. The average molecular weight is 419 g/mol. The monoisotopic (exact) mass is 419 g/mol. The number of H-pyrrole nitrogens is 1. The normalized spacial score (nSPS) is 16.4. The van der Waals surface area contributed by atoms with Crippen LogP contribution in [0.4, 0.5) is 4.79 Å². The van der Waals surface area contributed by atoms with Gasteiger partial charge in [-0.1, -0.05) is 12.1 Å². The van der Waals surface area contributed by atoms with Gasteiger partial charge in [-0.3, -0.25) is 0 Å². The number of benzene rings is 1. The number of nitrogens with one attached hydrogen (secondary N) is 1. The summed E-state index contributed by atoms with van der Waals surface area (Å²) in [7, 11) is 0. The molecule has 31 heavy (non-hydrogen) atoms. The summed E-state index contributed by atoms with van der Waals surface area (Å²) in [5, 5.41) is 10.2. The highest BCUT2D eigenvalue weighted by molar-refractivity contribution is 5.97. The number of carbonyl (C=O) groups is 1. The number of fused-ring (bicyclic) bond motifs is 1. The number of hydrogen-bond acceptors (Lipinski definition) is 6. The molecule has 160 valence electrons. The number of aromatic amines is 1. The molecule has 0 radical (unpaired) electrons.